The summed E-state index contributed by atoms with van der Waals surface area (Å²) in [7, 11) is 0. The molecule has 6 heteroatoms. The summed E-state index contributed by atoms with van der Waals surface area (Å²) >= 11 is 0. The Morgan fingerprint density at radius 3 is 2.37 bits per heavy atom. The lowest BCUT2D eigenvalue weighted by atomic mass is 9.94. The van der Waals surface area contributed by atoms with Gasteiger partial charge >= 0.3 is 0 Å². The van der Waals surface area contributed by atoms with Gasteiger partial charge in [-0.05, 0) is 56.9 Å². The van der Waals surface area contributed by atoms with Crippen molar-refractivity contribution in [3.63, 3.8) is 0 Å². The molecule has 30 heavy (non-hydrogen) atoms. The summed E-state index contributed by atoms with van der Waals surface area (Å²) in [5.41, 5.74) is 4.32. The molecule has 2 fully saturated rings. The number of amides is 1. The number of nitrogens with zero attached hydrogens (tertiary/aromatic N) is 4. The van der Waals surface area contributed by atoms with E-state index in [1.807, 2.05) is 24.0 Å². The average Bonchev–Trinajstić information content (AvgIpc) is 2.76. The molecular weight excluding hydrogens is 376 g/mol. The van der Waals surface area contributed by atoms with Crippen LogP contribution in [0.2, 0.25) is 0 Å². The van der Waals surface area contributed by atoms with Crippen molar-refractivity contribution >= 4 is 16.9 Å². The third kappa shape index (κ3) is 4.29. The largest absolute Gasteiger partial charge is 0.340 e. The Morgan fingerprint density at radius 2 is 1.67 bits per heavy atom. The van der Waals surface area contributed by atoms with Gasteiger partial charge in [0.2, 0.25) is 5.91 Å². The van der Waals surface area contributed by atoms with Gasteiger partial charge in [0.05, 0.1) is 11.0 Å². The Labute approximate surface area is 178 Å². The molecule has 1 aliphatic carbocycles. The maximum absolute atomic E-state index is 12.9. The number of carbonyl (C=O) groups is 1. The zero-order valence-electron chi connectivity index (χ0n) is 18.6. The molecule has 2 aromatic rings. The lowest BCUT2D eigenvalue weighted by Crippen LogP contribution is -2.52. The van der Waals surface area contributed by atoms with Crippen LogP contribution in [0.25, 0.3) is 11.0 Å². The van der Waals surface area contributed by atoms with E-state index in [1.54, 1.807) is 11.5 Å². The first-order chi connectivity index (χ1) is 14.4. The van der Waals surface area contributed by atoms with Crippen molar-refractivity contribution in [1.29, 1.82) is 0 Å². The molecule has 0 N–H and O–H groups in total. The van der Waals surface area contributed by atoms with E-state index in [1.165, 1.54) is 32.1 Å². The Hall–Kier alpha value is -2.21. The monoisotopic (exact) mass is 410 g/mol. The second kappa shape index (κ2) is 8.88. The molecule has 0 unspecified atom stereocenters. The van der Waals surface area contributed by atoms with Crippen LogP contribution in [0.3, 0.4) is 0 Å². The number of hydrogen-bond acceptors (Lipinski definition) is 4. The minimum absolute atomic E-state index is 0.0966. The second-order valence-corrected chi connectivity index (χ2v) is 9.04. The number of rotatable bonds is 4. The molecule has 0 bridgehead atoms. The molecule has 6 nitrogen and oxygen atoms in total. The molecule has 2 aliphatic rings. The molecule has 0 radical (unpaired) electrons. The lowest BCUT2D eigenvalue weighted by Gasteiger charge is -2.40. The summed E-state index contributed by atoms with van der Waals surface area (Å²) in [4.78, 5) is 34.7. The zero-order chi connectivity index (χ0) is 21.3. The van der Waals surface area contributed by atoms with Gasteiger partial charge in [-0.15, -0.1) is 0 Å². The van der Waals surface area contributed by atoms with Crippen LogP contribution in [0.5, 0.6) is 0 Å². The van der Waals surface area contributed by atoms with Crippen LogP contribution in [-0.2, 0) is 11.3 Å². The number of carbonyl (C=O) groups excluding carboxylic acids is 1. The van der Waals surface area contributed by atoms with E-state index < -0.39 is 0 Å². The first-order valence-electron chi connectivity index (χ1n) is 11.4. The van der Waals surface area contributed by atoms with Gasteiger partial charge in [-0.3, -0.25) is 14.5 Å². The van der Waals surface area contributed by atoms with E-state index in [9.17, 15) is 9.59 Å². The molecule has 4 rings (SSSR count). The molecule has 162 valence electrons. The minimum Gasteiger partial charge on any atom is -0.340 e. The van der Waals surface area contributed by atoms with Crippen LogP contribution in [-0.4, -0.2) is 57.5 Å². The highest BCUT2D eigenvalue weighted by Crippen LogP contribution is 2.23. The fraction of sp³-hybridized carbons (Fsp3) is 0.625. The van der Waals surface area contributed by atoms with E-state index in [0.717, 1.165) is 48.3 Å². The van der Waals surface area contributed by atoms with Crippen molar-refractivity contribution in [1.82, 2.24) is 19.4 Å². The molecule has 1 aromatic heterocycles. The highest BCUT2D eigenvalue weighted by atomic mass is 16.2. The summed E-state index contributed by atoms with van der Waals surface area (Å²) in [6.45, 7) is 9.82. The molecular formula is C24H34N4O2. The van der Waals surface area contributed by atoms with E-state index in [2.05, 4.69) is 16.8 Å². The predicted octanol–water partition coefficient (Wildman–Crippen LogP) is 3.19. The van der Waals surface area contributed by atoms with Crippen LogP contribution >= 0.6 is 0 Å². The quantitative estimate of drug-likeness (QED) is 0.777. The lowest BCUT2D eigenvalue weighted by molar-refractivity contribution is -0.133. The standard InChI is InChI=1S/C24H34N4O2/c1-17-15-21-22(16-18(17)2)28(24(30)19(3)25-21)10-9-23(29)27-13-11-26(12-14-27)20-7-5-4-6-8-20/h15-16,20H,4-14H2,1-3H3. The van der Waals surface area contributed by atoms with Gasteiger partial charge in [-0.1, -0.05) is 19.3 Å². The zero-order valence-corrected chi connectivity index (χ0v) is 18.6. The molecule has 2 heterocycles. The van der Waals surface area contributed by atoms with Crippen molar-refractivity contribution in [3.05, 3.63) is 39.3 Å². The van der Waals surface area contributed by atoms with E-state index in [4.69, 9.17) is 0 Å². The molecule has 1 amide bonds. The normalized spacial score (nSPS) is 18.8. The van der Waals surface area contributed by atoms with Crippen LogP contribution in [0.4, 0.5) is 0 Å². The summed E-state index contributed by atoms with van der Waals surface area (Å²) in [6.07, 6.45) is 7.04. The van der Waals surface area contributed by atoms with Crippen molar-refractivity contribution in [2.45, 2.75) is 71.9 Å². The van der Waals surface area contributed by atoms with Crippen molar-refractivity contribution in [2.24, 2.45) is 0 Å². The van der Waals surface area contributed by atoms with E-state index in [0.29, 0.717) is 24.7 Å². The van der Waals surface area contributed by atoms with Crippen molar-refractivity contribution in [2.75, 3.05) is 26.2 Å². The Balaban J connectivity index is 1.42. The summed E-state index contributed by atoms with van der Waals surface area (Å²) in [5, 5.41) is 0. The SMILES string of the molecule is Cc1cc2nc(C)c(=O)n(CCC(=O)N3CCN(C4CCCCC4)CC3)c2cc1C. The van der Waals surface area contributed by atoms with Gasteiger partial charge in [0.15, 0.2) is 0 Å². The van der Waals surface area contributed by atoms with Crippen LogP contribution < -0.4 is 5.56 Å². The number of piperazine rings is 1. The molecule has 0 atom stereocenters. The molecule has 1 aliphatic heterocycles. The van der Waals surface area contributed by atoms with Gasteiger partial charge in [0.1, 0.15) is 5.69 Å². The Bertz CT molecular complexity index is 983. The maximum Gasteiger partial charge on any atom is 0.272 e. The number of aromatic nitrogens is 2. The number of hydrogen-bond donors (Lipinski definition) is 0. The van der Waals surface area contributed by atoms with Gasteiger partial charge in [0.25, 0.3) is 5.56 Å². The van der Waals surface area contributed by atoms with E-state index >= 15 is 0 Å². The fourth-order valence-corrected chi connectivity index (χ4v) is 4.99. The maximum atomic E-state index is 12.9. The predicted molar refractivity (Wildman–Crippen MR) is 120 cm³/mol. The van der Waals surface area contributed by atoms with Gasteiger partial charge < -0.3 is 9.47 Å². The fourth-order valence-electron chi connectivity index (χ4n) is 4.99. The van der Waals surface area contributed by atoms with Gasteiger partial charge in [-0.2, -0.15) is 0 Å². The van der Waals surface area contributed by atoms with Gasteiger partial charge in [0, 0.05) is 45.2 Å². The third-order valence-corrected chi connectivity index (χ3v) is 7.03. The smallest absolute Gasteiger partial charge is 0.272 e. The summed E-state index contributed by atoms with van der Waals surface area (Å²) < 4.78 is 1.74. The molecule has 0 spiro atoms. The first kappa shape index (κ1) is 21.0. The van der Waals surface area contributed by atoms with Crippen LogP contribution in [0, 0.1) is 20.8 Å². The molecule has 1 aromatic carbocycles. The number of aryl methyl sites for hydroxylation is 4. The number of benzene rings is 1. The second-order valence-electron chi connectivity index (χ2n) is 9.04. The molecule has 1 saturated carbocycles. The van der Waals surface area contributed by atoms with Crippen molar-refractivity contribution in [3.8, 4) is 0 Å². The Morgan fingerprint density at radius 1 is 1.00 bits per heavy atom. The minimum atomic E-state index is -0.0966. The highest BCUT2D eigenvalue weighted by molar-refractivity contribution is 5.78. The summed E-state index contributed by atoms with van der Waals surface area (Å²) in [5.74, 6) is 0.150. The third-order valence-electron chi connectivity index (χ3n) is 7.03. The first-order valence-corrected chi connectivity index (χ1v) is 11.4. The van der Waals surface area contributed by atoms with E-state index in [-0.39, 0.29) is 11.5 Å². The summed E-state index contributed by atoms with van der Waals surface area (Å²) in [6, 6.07) is 4.76. The highest BCUT2D eigenvalue weighted by Gasteiger charge is 2.27. The van der Waals surface area contributed by atoms with Crippen LogP contribution in [0.1, 0.15) is 55.3 Å². The number of fused-ring (bicyclic) bond motifs is 1. The average molecular weight is 411 g/mol. The van der Waals surface area contributed by atoms with Crippen molar-refractivity contribution < 1.29 is 4.79 Å². The van der Waals surface area contributed by atoms with Crippen LogP contribution in [0.15, 0.2) is 16.9 Å². The molecule has 1 saturated heterocycles. The topological polar surface area (TPSA) is 58.4 Å². The Kier molecular flexibility index (Phi) is 6.23. The van der Waals surface area contributed by atoms with Gasteiger partial charge in [-0.25, -0.2) is 4.98 Å².